The minimum atomic E-state index is 0.657. The minimum absolute atomic E-state index is 0.657. The summed E-state index contributed by atoms with van der Waals surface area (Å²) in [5.41, 5.74) is 1.50. The Morgan fingerprint density at radius 2 is 2.00 bits per heavy atom. The van der Waals surface area contributed by atoms with Gasteiger partial charge in [0.05, 0.1) is 0 Å². The van der Waals surface area contributed by atoms with Crippen LogP contribution in [0.15, 0.2) is 30.3 Å². The normalized spacial score (nSPS) is 24.2. The van der Waals surface area contributed by atoms with Crippen molar-refractivity contribution < 1.29 is 0 Å². The van der Waals surface area contributed by atoms with Crippen LogP contribution in [0.1, 0.15) is 51.1 Å². The first-order valence-corrected chi connectivity index (χ1v) is 6.63. The van der Waals surface area contributed by atoms with Crippen molar-refractivity contribution in [2.45, 2.75) is 51.6 Å². The summed E-state index contributed by atoms with van der Waals surface area (Å²) in [5, 5.41) is 0. The van der Waals surface area contributed by atoms with Crippen LogP contribution in [0.5, 0.6) is 0 Å². The monoisotopic (exact) mass is 217 g/mol. The molecule has 0 aromatic heterocycles. The molecule has 2 rings (SSSR count). The SMILES string of the molecule is CCC(C)N1CCCCC1c1ccccc1. The Labute approximate surface area is 99.5 Å². The number of rotatable bonds is 3. The minimum Gasteiger partial charge on any atom is -0.294 e. The fraction of sp³-hybridized carbons (Fsp3) is 0.600. The van der Waals surface area contributed by atoms with Crippen molar-refractivity contribution in [2.24, 2.45) is 0 Å². The average molecular weight is 217 g/mol. The zero-order valence-electron chi connectivity index (χ0n) is 10.5. The first kappa shape index (κ1) is 11.7. The average Bonchev–Trinajstić information content (AvgIpc) is 2.39. The van der Waals surface area contributed by atoms with Crippen molar-refractivity contribution in [3.8, 4) is 0 Å². The Morgan fingerprint density at radius 1 is 1.25 bits per heavy atom. The lowest BCUT2D eigenvalue weighted by Crippen LogP contribution is -2.39. The van der Waals surface area contributed by atoms with E-state index in [1.165, 1.54) is 37.8 Å². The summed E-state index contributed by atoms with van der Waals surface area (Å²) < 4.78 is 0. The predicted octanol–water partition coefficient (Wildman–Crippen LogP) is 4.01. The van der Waals surface area contributed by atoms with Gasteiger partial charge in [0.15, 0.2) is 0 Å². The van der Waals surface area contributed by atoms with Crippen molar-refractivity contribution in [2.75, 3.05) is 6.54 Å². The quantitative estimate of drug-likeness (QED) is 0.739. The van der Waals surface area contributed by atoms with E-state index < -0.39 is 0 Å². The van der Waals surface area contributed by atoms with Crippen LogP contribution in [0, 0.1) is 0 Å². The van der Waals surface area contributed by atoms with Crippen LogP contribution < -0.4 is 0 Å². The van der Waals surface area contributed by atoms with E-state index in [1.807, 2.05) is 0 Å². The van der Waals surface area contributed by atoms with E-state index in [4.69, 9.17) is 0 Å². The summed E-state index contributed by atoms with van der Waals surface area (Å²) in [5.74, 6) is 0. The van der Waals surface area contributed by atoms with Gasteiger partial charge in [-0.3, -0.25) is 4.90 Å². The molecule has 1 aromatic carbocycles. The number of hydrogen-bond acceptors (Lipinski definition) is 1. The first-order chi connectivity index (χ1) is 7.83. The molecule has 0 amide bonds. The molecular formula is C15H23N. The lowest BCUT2D eigenvalue weighted by molar-refractivity contribution is 0.101. The molecule has 1 aromatic rings. The highest BCUT2D eigenvalue weighted by molar-refractivity contribution is 5.19. The number of hydrogen-bond donors (Lipinski definition) is 0. The van der Waals surface area contributed by atoms with Crippen LogP contribution in [0.25, 0.3) is 0 Å². The second-order valence-corrected chi connectivity index (χ2v) is 4.92. The lowest BCUT2D eigenvalue weighted by Gasteiger charge is -2.40. The molecule has 0 N–H and O–H groups in total. The second-order valence-electron chi connectivity index (χ2n) is 4.92. The highest BCUT2D eigenvalue weighted by atomic mass is 15.2. The van der Waals surface area contributed by atoms with E-state index in [2.05, 4.69) is 49.1 Å². The molecule has 0 radical (unpaired) electrons. The highest BCUT2D eigenvalue weighted by Crippen LogP contribution is 2.32. The molecule has 1 heteroatoms. The number of nitrogens with zero attached hydrogens (tertiary/aromatic N) is 1. The van der Waals surface area contributed by atoms with Crippen molar-refractivity contribution in [3.05, 3.63) is 35.9 Å². The lowest BCUT2D eigenvalue weighted by atomic mass is 9.93. The summed E-state index contributed by atoms with van der Waals surface area (Å²) >= 11 is 0. The Kier molecular flexibility index (Phi) is 4.00. The Balaban J connectivity index is 2.16. The molecule has 88 valence electrons. The van der Waals surface area contributed by atoms with E-state index in [0.717, 1.165) is 0 Å². The molecule has 0 saturated carbocycles. The van der Waals surface area contributed by atoms with Gasteiger partial charge in [0.25, 0.3) is 0 Å². The number of benzene rings is 1. The summed E-state index contributed by atoms with van der Waals surface area (Å²) in [6.45, 7) is 5.93. The molecule has 1 aliphatic heterocycles. The number of piperidine rings is 1. The fourth-order valence-electron chi connectivity index (χ4n) is 2.75. The molecule has 0 spiro atoms. The molecule has 2 atom stereocenters. The van der Waals surface area contributed by atoms with Gasteiger partial charge in [-0.2, -0.15) is 0 Å². The van der Waals surface area contributed by atoms with Gasteiger partial charge in [-0.1, -0.05) is 43.7 Å². The first-order valence-electron chi connectivity index (χ1n) is 6.63. The molecule has 0 bridgehead atoms. The Hall–Kier alpha value is -0.820. The van der Waals surface area contributed by atoms with Gasteiger partial charge in [0.1, 0.15) is 0 Å². The summed E-state index contributed by atoms with van der Waals surface area (Å²) in [6.07, 6.45) is 5.33. The zero-order valence-corrected chi connectivity index (χ0v) is 10.5. The van der Waals surface area contributed by atoms with Crippen LogP contribution in [0.3, 0.4) is 0 Å². The van der Waals surface area contributed by atoms with Crippen molar-refractivity contribution in [3.63, 3.8) is 0 Å². The third-order valence-corrected chi connectivity index (χ3v) is 3.89. The molecule has 16 heavy (non-hydrogen) atoms. The maximum absolute atomic E-state index is 2.69. The molecule has 1 heterocycles. The molecule has 1 aliphatic rings. The zero-order chi connectivity index (χ0) is 11.4. The van der Waals surface area contributed by atoms with Gasteiger partial charge < -0.3 is 0 Å². The van der Waals surface area contributed by atoms with Crippen LogP contribution in [-0.4, -0.2) is 17.5 Å². The maximum atomic E-state index is 2.69. The third-order valence-electron chi connectivity index (χ3n) is 3.89. The molecule has 1 nitrogen and oxygen atoms in total. The molecule has 1 fully saturated rings. The topological polar surface area (TPSA) is 3.24 Å². The van der Waals surface area contributed by atoms with E-state index >= 15 is 0 Å². The highest BCUT2D eigenvalue weighted by Gasteiger charge is 2.26. The van der Waals surface area contributed by atoms with Gasteiger partial charge in [0, 0.05) is 12.1 Å². The van der Waals surface area contributed by atoms with E-state index in [1.54, 1.807) is 0 Å². The van der Waals surface area contributed by atoms with Crippen LogP contribution in [-0.2, 0) is 0 Å². The second kappa shape index (κ2) is 5.49. The van der Waals surface area contributed by atoms with Gasteiger partial charge >= 0.3 is 0 Å². The van der Waals surface area contributed by atoms with Crippen molar-refractivity contribution in [1.82, 2.24) is 4.90 Å². The van der Waals surface area contributed by atoms with Crippen LogP contribution >= 0.6 is 0 Å². The molecule has 0 aliphatic carbocycles. The van der Waals surface area contributed by atoms with Gasteiger partial charge in [-0.05, 0) is 38.3 Å². The Morgan fingerprint density at radius 3 is 2.69 bits per heavy atom. The van der Waals surface area contributed by atoms with Crippen LogP contribution in [0.4, 0.5) is 0 Å². The van der Waals surface area contributed by atoms with E-state index in [-0.39, 0.29) is 0 Å². The standard InChI is InChI=1S/C15H23N/c1-3-13(2)16-12-8-7-11-15(16)14-9-5-4-6-10-14/h4-6,9-10,13,15H,3,7-8,11-12H2,1-2H3. The van der Waals surface area contributed by atoms with Crippen molar-refractivity contribution >= 4 is 0 Å². The van der Waals surface area contributed by atoms with Gasteiger partial charge in [-0.15, -0.1) is 0 Å². The van der Waals surface area contributed by atoms with E-state index in [9.17, 15) is 0 Å². The molecule has 2 unspecified atom stereocenters. The Bertz CT molecular complexity index is 306. The van der Waals surface area contributed by atoms with Gasteiger partial charge in [-0.25, -0.2) is 0 Å². The predicted molar refractivity (Wildman–Crippen MR) is 69.5 cm³/mol. The summed E-state index contributed by atoms with van der Waals surface area (Å²) in [7, 11) is 0. The number of likely N-dealkylation sites (tertiary alicyclic amines) is 1. The smallest absolute Gasteiger partial charge is 0.0350 e. The summed E-state index contributed by atoms with van der Waals surface area (Å²) in [6, 6.07) is 12.4. The fourth-order valence-corrected chi connectivity index (χ4v) is 2.75. The maximum Gasteiger partial charge on any atom is 0.0350 e. The van der Waals surface area contributed by atoms with Crippen LogP contribution in [0.2, 0.25) is 0 Å². The third kappa shape index (κ3) is 2.46. The molecule has 1 saturated heterocycles. The molecular weight excluding hydrogens is 194 g/mol. The van der Waals surface area contributed by atoms with Crippen molar-refractivity contribution in [1.29, 1.82) is 0 Å². The largest absolute Gasteiger partial charge is 0.294 e. The summed E-state index contributed by atoms with van der Waals surface area (Å²) in [4.78, 5) is 2.69. The van der Waals surface area contributed by atoms with Gasteiger partial charge in [0.2, 0.25) is 0 Å². The van der Waals surface area contributed by atoms with E-state index in [0.29, 0.717) is 12.1 Å².